The van der Waals surface area contributed by atoms with Crippen LogP contribution in [0.1, 0.15) is 19.4 Å². The molecule has 1 fully saturated rings. The van der Waals surface area contributed by atoms with Gasteiger partial charge in [-0.15, -0.1) is 0 Å². The Morgan fingerprint density at radius 2 is 1.86 bits per heavy atom. The maximum absolute atomic E-state index is 5.39. The number of morpholine rings is 1. The lowest BCUT2D eigenvalue weighted by Gasteiger charge is -2.29. The minimum Gasteiger partial charge on any atom is -0.383 e. The number of ether oxygens (including phenoxy) is 2. The second-order valence-corrected chi connectivity index (χ2v) is 5.95. The summed E-state index contributed by atoms with van der Waals surface area (Å²) < 4.78 is 10.7. The van der Waals surface area contributed by atoms with Gasteiger partial charge in [-0.1, -0.05) is 26.0 Å². The van der Waals surface area contributed by atoms with E-state index >= 15 is 0 Å². The van der Waals surface area contributed by atoms with Crippen LogP contribution < -0.4 is 10.2 Å². The van der Waals surface area contributed by atoms with Gasteiger partial charge in [-0.3, -0.25) is 0 Å². The molecular formula is C17H28N2O2. The normalized spacial score (nSPS) is 17.2. The number of rotatable bonds is 7. The van der Waals surface area contributed by atoms with E-state index in [2.05, 4.69) is 48.3 Å². The van der Waals surface area contributed by atoms with E-state index in [-0.39, 0.29) is 0 Å². The molecule has 21 heavy (non-hydrogen) atoms. The summed E-state index contributed by atoms with van der Waals surface area (Å²) in [4.78, 5) is 2.38. The van der Waals surface area contributed by atoms with Gasteiger partial charge in [0.1, 0.15) is 0 Å². The van der Waals surface area contributed by atoms with E-state index in [0.29, 0.717) is 12.0 Å². The molecule has 1 aromatic carbocycles. The third-order valence-corrected chi connectivity index (χ3v) is 4.03. The molecule has 1 N–H and O–H groups in total. The first kappa shape index (κ1) is 16.3. The highest BCUT2D eigenvalue weighted by atomic mass is 16.5. The minimum absolute atomic E-state index is 0.397. The lowest BCUT2D eigenvalue weighted by molar-refractivity contribution is 0.122. The van der Waals surface area contributed by atoms with Crippen LogP contribution in [-0.2, 0) is 16.0 Å². The molecule has 0 amide bonds. The van der Waals surface area contributed by atoms with Gasteiger partial charge in [0.2, 0.25) is 0 Å². The summed E-state index contributed by atoms with van der Waals surface area (Å²) in [5, 5.41) is 3.58. The molecule has 1 heterocycles. The third-order valence-electron chi connectivity index (χ3n) is 4.03. The number of hydrogen-bond acceptors (Lipinski definition) is 4. The molecule has 0 bridgehead atoms. The molecular weight excluding hydrogens is 264 g/mol. The van der Waals surface area contributed by atoms with Crippen LogP contribution in [0.15, 0.2) is 24.3 Å². The molecule has 0 saturated carbocycles. The maximum atomic E-state index is 5.39. The summed E-state index contributed by atoms with van der Waals surface area (Å²) in [5.41, 5.74) is 2.60. The van der Waals surface area contributed by atoms with Crippen LogP contribution >= 0.6 is 0 Å². The van der Waals surface area contributed by atoms with Gasteiger partial charge < -0.3 is 19.7 Å². The Morgan fingerprint density at radius 3 is 2.43 bits per heavy atom. The Labute approximate surface area is 128 Å². The van der Waals surface area contributed by atoms with E-state index in [1.54, 1.807) is 7.11 Å². The fourth-order valence-corrected chi connectivity index (χ4v) is 2.56. The van der Waals surface area contributed by atoms with Crippen molar-refractivity contribution < 1.29 is 9.47 Å². The van der Waals surface area contributed by atoms with Crippen LogP contribution in [0.4, 0.5) is 5.69 Å². The molecule has 1 saturated heterocycles. The van der Waals surface area contributed by atoms with E-state index < -0.39 is 0 Å². The predicted molar refractivity (Wildman–Crippen MR) is 86.8 cm³/mol. The zero-order valence-electron chi connectivity index (χ0n) is 13.5. The van der Waals surface area contributed by atoms with Crippen LogP contribution in [-0.4, -0.2) is 46.1 Å². The first-order chi connectivity index (χ1) is 10.2. The zero-order valence-corrected chi connectivity index (χ0v) is 13.5. The van der Waals surface area contributed by atoms with Crippen LogP contribution in [0.3, 0.4) is 0 Å². The molecule has 118 valence electrons. The van der Waals surface area contributed by atoms with Crippen molar-refractivity contribution in [2.75, 3.05) is 44.9 Å². The molecule has 0 aliphatic carbocycles. The van der Waals surface area contributed by atoms with Gasteiger partial charge >= 0.3 is 0 Å². The van der Waals surface area contributed by atoms with Gasteiger partial charge in [0.15, 0.2) is 0 Å². The van der Waals surface area contributed by atoms with E-state index in [4.69, 9.17) is 9.47 Å². The molecule has 4 nitrogen and oxygen atoms in total. The van der Waals surface area contributed by atoms with Gasteiger partial charge in [-0.25, -0.2) is 0 Å². The molecule has 1 aliphatic rings. The number of methoxy groups -OCH3 is 1. The molecule has 0 spiro atoms. The third kappa shape index (κ3) is 4.99. The molecule has 2 rings (SSSR count). The fourth-order valence-electron chi connectivity index (χ4n) is 2.56. The summed E-state index contributed by atoms with van der Waals surface area (Å²) in [6.45, 7) is 9.71. The average molecular weight is 292 g/mol. The van der Waals surface area contributed by atoms with E-state index in [9.17, 15) is 0 Å². The summed E-state index contributed by atoms with van der Waals surface area (Å²) >= 11 is 0. The van der Waals surface area contributed by atoms with Crippen LogP contribution in [0.25, 0.3) is 0 Å². The van der Waals surface area contributed by atoms with Gasteiger partial charge in [0.05, 0.1) is 19.8 Å². The summed E-state index contributed by atoms with van der Waals surface area (Å²) in [6.07, 6.45) is 0. The van der Waals surface area contributed by atoms with Crippen molar-refractivity contribution in [1.29, 1.82) is 0 Å². The van der Waals surface area contributed by atoms with Crippen molar-refractivity contribution in [3.8, 4) is 0 Å². The average Bonchev–Trinajstić information content (AvgIpc) is 2.52. The topological polar surface area (TPSA) is 33.7 Å². The predicted octanol–water partition coefficient (Wildman–Crippen LogP) is 2.28. The highest BCUT2D eigenvalue weighted by Crippen LogP contribution is 2.17. The van der Waals surface area contributed by atoms with E-state index in [0.717, 1.165) is 39.5 Å². The Hall–Kier alpha value is -1.10. The molecule has 1 aromatic rings. The van der Waals surface area contributed by atoms with Crippen LogP contribution in [0.2, 0.25) is 0 Å². The Balaban J connectivity index is 1.86. The number of anilines is 1. The maximum Gasteiger partial charge on any atom is 0.0642 e. The van der Waals surface area contributed by atoms with Gasteiger partial charge in [0, 0.05) is 38.5 Å². The summed E-state index contributed by atoms with van der Waals surface area (Å²) in [7, 11) is 1.76. The SMILES string of the molecule is COCC(NCc1ccc(N2CCOCC2)cc1)C(C)C. The molecule has 0 radical (unpaired) electrons. The smallest absolute Gasteiger partial charge is 0.0642 e. The molecule has 1 atom stereocenters. The van der Waals surface area contributed by atoms with E-state index in [1.165, 1.54) is 11.3 Å². The van der Waals surface area contributed by atoms with Crippen molar-refractivity contribution in [2.45, 2.75) is 26.4 Å². The quantitative estimate of drug-likeness (QED) is 0.836. The Morgan fingerprint density at radius 1 is 1.19 bits per heavy atom. The molecule has 1 unspecified atom stereocenters. The summed E-state index contributed by atoms with van der Waals surface area (Å²) in [6, 6.07) is 9.24. The number of nitrogens with one attached hydrogen (secondary N) is 1. The highest BCUT2D eigenvalue weighted by Gasteiger charge is 2.13. The standard InChI is InChI=1S/C17H28N2O2/c1-14(2)17(13-20-3)18-12-15-4-6-16(7-5-15)19-8-10-21-11-9-19/h4-7,14,17-18H,8-13H2,1-3H3. The first-order valence-corrected chi connectivity index (χ1v) is 7.84. The van der Waals surface area contributed by atoms with Crippen molar-refractivity contribution in [1.82, 2.24) is 5.32 Å². The minimum atomic E-state index is 0.397. The molecule has 1 aliphatic heterocycles. The monoisotopic (exact) mass is 292 g/mol. The highest BCUT2D eigenvalue weighted by molar-refractivity contribution is 5.47. The van der Waals surface area contributed by atoms with Crippen molar-refractivity contribution in [3.05, 3.63) is 29.8 Å². The van der Waals surface area contributed by atoms with Gasteiger partial charge in [-0.05, 0) is 23.6 Å². The van der Waals surface area contributed by atoms with Crippen LogP contribution in [0.5, 0.6) is 0 Å². The summed E-state index contributed by atoms with van der Waals surface area (Å²) in [5.74, 6) is 0.567. The molecule has 4 heteroatoms. The lowest BCUT2D eigenvalue weighted by atomic mass is 10.0. The number of benzene rings is 1. The van der Waals surface area contributed by atoms with Crippen molar-refractivity contribution in [2.24, 2.45) is 5.92 Å². The van der Waals surface area contributed by atoms with Crippen molar-refractivity contribution >= 4 is 5.69 Å². The van der Waals surface area contributed by atoms with E-state index in [1.807, 2.05) is 0 Å². The fraction of sp³-hybridized carbons (Fsp3) is 0.647. The van der Waals surface area contributed by atoms with Crippen molar-refractivity contribution in [3.63, 3.8) is 0 Å². The largest absolute Gasteiger partial charge is 0.383 e. The lowest BCUT2D eigenvalue weighted by Crippen LogP contribution is -2.37. The number of hydrogen-bond donors (Lipinski definition) is 1. The Kier molecular flexibility index (Phi) is 6.49. The second-order valence-electron chi connectivity index (χ2n) is 5.95. The van der Waals surface area contributed by atoms with Gasteiger partial charge in [0.25, 0.3) is 0 Å². The van der Waals surface area contributed by atoms with Crippen LogP contribution in [0, 0.1) is 5.92 Å². The first-order valence-electron chi connectivity index (χ1n) is 7.84. The number of nitrogens with zero attached hydrogens (tertiary/aromatic N) is 1. The molecule has 0 aromatic heterocycles. The second kappa shape index (κ2) is 8.37. The Bertz CT molecular complexity index is 400. The van der Waals surface area contributed by atoms with Gasteiger partial charge in [-0.2, -0.15) is 0 Å². The zero-order chi connectivity index (χ0) is 15.1.